The Balaban J connectivity index is 1.41. The molecule has 0 aliphatic heterocycles. The molecule has 1 aromatic carbocycles. The summed E-state index contributed by atoms with van der Waals surface area (Å²) in [6.07, 6.45) is 2.78. The Labute approximate surface area is 169 Å². The van der Waals surface area contributed by atoms with Gasteiger partial charge in [0.05, 0.1) is 11.3 Å². The van der Waals surface area contributed by atoms with E-state index < -0.39 is 5.91 Å². The molecule has 0 unspecified atom stereocenters. The fourth-order valence-electron chi connectivity index (χ4n) is 3.23. The van der Waals surface area contributed by atoms with Crippen molar-refractivity contribution in [1.82, 2.24) is 10.2 Å². The van der Waals surface area contributed by atoms with E-state index >= 15 is 0 Å². The number of anilines is 1. The Morgan fingerprint density at radius 3 is 2.89 bits per heavy atom. The van der Waals surface area contributed by atoms with Gasteiger partial charge >= 0.3 is 0 Å². The van der Waals surface area contributed by atoms with Crippen LogP contribution in [0.4, 0.5) is 5.00 Å². The molecule has 1 aliphatic rings. The number of hydrogen-bond acceptors (Lipinski definition) is 7. The van der Waals surface area contributed by atoms with Crippen molar-refractivity contribution in [1.29, 1.82) is 0 Å². The van der Waals surface area contributed by atoms with Crippen LogP contribution in [0.1, 0.15) is 32.8 Å². The molecule has 144 valence electrons. The fraction of sp³-hybridized carbons (Fsp3) is 0.263. The summed E-state index contributed by atoms with van der Waals surface area (Å²) in [4.78, 5) is 25.3. The summed E-state index contributed by atoms with van der Waals surface area (Å²) in [5.41, 5.74) is 8.86. The minimum absolute atomic E-state index is 0.0934. The molecule has 4 rings (SSSR count). The number of carbonyl (C=O) groups excluding carboxylic acids is 2. The number of fused-ring (bicyclic) bond motifs is 1. The Kier molecular flexibility index (Phi) is 5.19. The predicted molar refractivity (Wildman–Crippen MR) is 109 cm³/mol. The number of thioether (sulfide) groups is 1. The zero-order valence-corrected chi connectivity index (χ0v) is 16.8. The van der Waals surface area contributed by atoms with Crippen LogP contribution in [0, 0.1) is 6.92 Å². The van der Waals surface area contributed by atoms with Crippen molar-refractivity contribution in [2.24, 2.45) is 5.73 Å². The molecule has 3 N–H and O–H groups in total. The Bertz CT molecular complexity index is 1060. The summed E-state index contributed by atoms with van der Waals surface area (Å²) in [6.45, 7) is 1.97. The molecular weight excluding hydrogens is 396 g/mol. The van der Waals surface area contributed by atoms with Gasteiger partial charge in [-0.1, -0.05) is 30.0 Å². The van der Waals surface area contributed by atoms with E-state index in [0.29, 0.717) is 21.7 Å². The Morgan fingerprint density at radius 1 is 1.29 bits per heavy atom. The van der Waals surface area contributed by atoms with Crippen LogP contribution >= 0.6 is 23.1 Å². The lowest BCUT2D eigenvalue weighted by Gasteiger charge is -2.05. The van der Waals surface area contributed by atoms with Crippen LogP contribution in [0.5, 0.6) is 0 Å². The Morgan fingerprint density at radius 2 is 2.11 bits per heavy atom. The first-order valence-electron chi connectivity index (χ1n) is 8.79. The summed E-state index contributed by atoms with van der Waals surface area (Å²) in [6, 6.07) is 7.72. The van der Waals surface area contributed by atoms with Crippen molar-refractivity contribution in [3.8, 4) is 11.5 Å². The van der Waals surface area contributed by atoms with Gasteiger partial charge in [-0.25, -0.2) is 0 Å². The van der Waals surface area contributed by atoms with Gasteiger partial charge in [0, 0.05) is 10.4 Å². The molecule has 0 bridgehead atoms. The second-order valence-corrected chi connectivity index (χ2v) is 8.48. The zero-order chi connectivity index (χ0) is 19.7. The summed E-state index contributed by atoms with van der Waals surface area (Å²) in [5, 5.41) is 11.7. The van der Waals surface area contributed by atoms with E-state index in [-0.39, 0.29) is 11.7 Å². The van der Waals surface area contributed by atoms with Crippen LogP contribution in [-0.4, -0.2) is 27.8 Å². The summed E-state index contributed by atoms with van der Waals surface area (Å²) >= 11 is 2.59. The van der Waals surface area contributed by atoms with Gasteiger partial charge in [0.1, 0.15) is 5.00 Å². The number of amides is 2. The maximum atomic E-state index is 12.4. The highest BCUT2D eigenvalue weighted by Gasteiger charge is 2.26. The lowest BCUT2D eigenvalue weighted by atomic mass is 10.1. The second-order valence-electron chi connectivity index (χ2n) is 6.45. The molecule has 0 atom stereocenters. The van der Waals surface area contributed by atoms with Crippen LogP contribution in [-0.2, 0) is 17.6 Å². The second kappa shape index (κ2) is 7.76. The van der Waals surface area contributed by atoms with Crippen molar-refractivity contribution in [2.75, 3.05) is 11.1 Å². The zero-order valence-electron chi connectivity index (χ0n) is 15.2. The SMILES string of the molecule is Cc1ccccc1-c1nnc(SCC(=O)Nc2sc3c(c2C(N)=O)CCC3)o1. The number of nitrogens with two attached hydrogens (primary N) is 1. The summed E-state index contributed by atoms with van der Waals surface area (Å²) in [5.74, 6) is -0.229. The number of thiophene rings is 1. The lowest BCUT2D eigenvalue weighted by Crippen LogP contribution is -2.18. The third-order valence-corrected chi connectivity index (χ3v) is 6.56. The number of rotatable bonds is 6. The van der Waals surface area contributed by atoms with E-state index in [1.165, 1.54) is 11.3 Å². The molecule has 9 heteroatoms. The van der Waals surface area contributed by atoms with Gasteiger partial charge in [-0.2, -0.15) is 0 Å². The molecule has 2 amide bonds. The fourth-order valence-corrected chi connectivity index (χ4v) is 5.11. The van der Waals surface area contributed by atoms with E-state index in [4.69, 9.17) is 10.2 Å². The van der Waals surface area contributed by atoms with Crippen molar-refractivity contribution in [3.05, 3.63) is 45.8 Å². The first kappa shape index (κ1) is 18.7. The standard InChI is InChI=1S/C19H18N4O3S2/c1-10-5-2-3-6-11(10)17-22-23-19(26-17)27-9-14(24)21-18-15(16(20)25)12-7-4-8-13(12)28-18/h2-3,5-6H,4,7-9H2,1H3,(H2,20,25)(H,21,24). The van der Waals surface area contributed by atoms with Gasteiger partial charge in [-0.3, -0.25) is 9.59 Å². The molecule has 0 spiro atoms. The number of hydrogen-bond donors (Lipinski definition) is 2. The van der Waals surface area contributed by atoms with Gasteiger partial charge in [0.15, 0.2) is 0 Å². The quantitative estimate of drug-likeness (QED) is 0.598. The topological polar surface area (TPSA) is 111 Å². The number of aromatic nitrogens is 2. The molecule has 7 nitrogen and oxygen atoms in total. The van der Waals surface area contributed by atoms with Crippen LogP contribution in [0.25, 0.3) is 11.5 Å². The molecule has 2 heterocycles. The van der Waals surface area contributed by atoms with Gasteiger partial charge in [0.2, 0.25) is 11.8 Å². The van der Waals surface area contributed by atoms with Crippen LogP contribution in [0.2, 0.25) is 0 Å². The maximum Gasteiger partial charge on any atom is 0.277 e. The molecule has 0 saturated carbocycles. The van der Waals surface area contributed by atoms with E-state index in [1.807, 2.05) is 31.2 Å². The van der Waals surface area contributed by atoms with Gasteiger partial charge in [-0.05, 0) is 43.4 Å². The summed E-state index contributed by atoms with van der Waals surface area (Å²) < 4.78 is 5.65. The summed E-state index contributed by atoms with van der Waals surface area (Å²) in [7, 11) is 0. The first-order valence-corrected chi connectivity index (χ1v) is 10.6. The van der Waals surface area contributed by atoms with E-state index in [0.717, 1.165) is 52.6 Å². The normalized spacial score (nSPS) is 12.8. The smallest absolute Gasteiger partial charge is 0.277 e. The van der Waals surface area contributed by atoms with E-state index in [1.54, 1.807) is 0 Å². The molecule has 28 heavy (non-hydrogen) atoms. The van der Waals surface area contributed by atoms with Crippen LogP contribution in [0.3, 0.4) is 0 Å². The van der Waals surface area contributed by atoms with Gasteiger partial charge in [-0.15, -0.1) is 21.5 Å². The first-order chi connectivity index (χ1) is 13.5. The number of nitrogens with one attached hydrogen (secondary N) is 1. The number of aryl methyl sites for hydroxylation is 2. The number of primary amides is 1. The highest BCUT2D eigenvalue weighted by atomic mass is 32.2. The molecule has 0 radical (unpaired) electrons. The molecule has 1 aliphatic carbocycles. The van der Waals surface area contributed by atoms with Gasteiger partial charge < -0.3 is 15.5 Å². The molecule has 0 saturated heterocycles. The molecule has 0 fully saturated rings. The van der Waals surface area contributed by atoms with Crippen LogP contribution in [0.15, 0.2) is 33.9 Å². The third kappa shape index (κ3) is 3.67. The molecule has 2 aromatic heterocycles. The molecule has 3 aromatic rings. The minimum atomic E-state index is -0.498. The van der Waals surface area contributed by atoms with Crippen molar-refractivity contribution in [3.63, 3.8) is 0 Å². The third-order valence-electron chi connectivity index (χ3n) is 4.53. The minimum Gasteiger partial charge on any atom is -0.411 e. The predicted octanol–water partition coefficient (Wildman–Crippen LogP) is 3.42. The van der Waals surface area contributed by atoms with E-state index in [9.17, 15) is 9.59 Å². The highest BCUT2D eigenvalue weighted by Crippen LogP contribution is 2.39. The van der Waals surface area contributed by atoms with Crippen LogP contribution < -0.4 is 11.1 Å². The number of benzene rings is 1. The average molecular weight is 415 g/mol. The maximum absolute atomic E-state index is 12.4. The van der Waals surface area contributed by atoms with Crippen molar-refractivity contribution in [2.45, 2.75) is 31.4 Å². The number of nitrogens with zero attached hydrogens (tertiary/aromatic N) is 2. The molecular formula is C19H18N4O3S2. The largest absolute Gasteiger partial charge is 0.411 e. The average Bonchev–Trinajstić information content (AvgIpc) is 3.35. The van der Waals surface area contributed by atoms with Crippen molar-refractivity contribution >= 4 is 39.9 Å². The van der Waals surface area contributed by atoms with E-state index in [2.05, 4.69) is 15.5 Å². The lowest BCUT2D eigenvalue weighted by molar-refractivity contribution is -0.113. The highest BCUT2D eigenvalue weighted by molar-refractivity contribution is 7.99. The van der Waals surface area contributed by atoms with Gasteiger partial charge in [0.25, 0.3) is 11.1 Å². The Hall–Kier alpha value is -2.65. The van der Waals surface area contributed by atoms with Crippen molar-refractivity contribution < 1.29 is 14.0 Å². The number of carbonyl (C=O) groups is 2. The monoisotopic (exact) mass is 414 g/mol.